The van der Waals surface area contributed by atoms with E-state index in [1.807, 2.05) is 6.26 Å². The number of H-pyrrole nitrogens is 1. The summed E-state index contributed by atoms with van der Waals surface area (Å²) in [5.74, 6) is -2.40. The third-order valence-corrected chi connectivity index (χ3v) is 5.65. The number of rotatable bonds is 14. The molecule has 0 aliphatic rings. The van der Waals surface area contributed by atoms with E-state index in [4.69, 9.17) is 5.73 Å². The lowest BCUT2D eigenvalue weighted by Gasteiger charge is -2.21. The number of aromatic nitrogens is 2. The van der Waals surface area contributed by atoms with Crippen molar-refractivity contribution in [1.82, 2.24) is 25.9 Å². The van der Waals surface area contributed by atoms with Gasteiger partial charge in [0.05, 0.1) is 18.9 Å². The van der Waals surface area contributed by atoms with Crippen LogP contribution in [-0.4, -0.2) is 80.6 Å². The molecule has 0 radical (unpaired) electrons. The van der Waals surface area contributed by atoms with Gasteiger partial charge in [-0.05, 0) is 42.5 Å². The lowest BCUT2D eigenvalue weighted by atomic mass is 10.1. The van der Waals surface area contributed by atoms with Crippen LogP contribution >= 0.6 is 11.8 Å². The molecule has 1 aromatic carbocycles. The lowest BCUT2D eigenvalue weighted by molar-refractivity contribution is -0.142. The Morgan fingerprint density at radius 3 is 2.40 bits per heavy atom. The van der Waals surface area contributed by atoms with E-state index in [2.05, 4.69) is 25.9 Å². The molecule has 0 fully saturated rings. The number of carbonyl (C=O) groups excluding carboxylic acids is 3. The number of nitrogens with one attached hydrogen (secondary N) is 4. The highest BCUT2D eigenvalue weighted by Crippen LogP contribution is 2.11. The van der Waals surface area contributed by atoms with E-state index in [9.17, 15) is 29.4 Å². The number of nitrogens with zero attached hydrogens (tertiary/aromatic N) is 1. The van der Waals surface area contributed by atoms with Gasteiger partial charge in [0.25, 0.3) is 0 Å². The summed E-state index contributed by atoms with van der Waals surface area (Å²) in [5, 5.41) is 26.2. The van der Waals surface area contributed by atoms with Gasteiger partial charge >= 0.3 is 5.97 Å². The van der Waals surface area contributed by atoms with E-state index in [0.29, 0.717) is 11.4 Å². The molecule has 1 aromatic heterocycles. The summed E-state index contributed by atoms with van der Waals surface area (Å²) in [5.41, 5.74) is 7.17. The van der Waals surface area contributed by atoms with Crippen LogP contribution in [0.1, 0.15) is 17.7 Å². The number of aromatic amines is 1. The van der Waals surface area contributed by atoms with Crippen LogP contribution in [0.15, 0.2) is 36.8 Å². The molecule has 190 valence electrons. The molecule has 2 rings (SSSR count). The molecule has 0 spiro atoms. The third kappa shape index (κ3) is 9.66. The summed E-state index contributed by atoms with van der Waals surface area (Å²) >= 11 is 1.46. The third-order valence-electron chi connectivity index (χ3n) is 5.01. The molecular weight excluding hydrogens is 476 g/mol. The zero-order chi connectivity index (χ0) is 25.8. The average Bonchev–Trinajstić information content (AvgIpc) is 3.34. The number of imidazole rings is 1. The molecule has 13 heteroatoms. The summed E-state index contributed by atoms with van der Waals surface area (Å²) in [6.07, 6.45) is 5.18. The summed E-state index contributed by atoms with van der Waals surface area (Å²) in [6.45, 7) is -0.401. The Morgan fingerprint density at radius 2 is 1.80 bits per heavy atom. The minimum atomic E-state index is -1.22. The van der Waals surface area contributed by atoms with Crippen molar-refractivity contribution in [3.8, 4) is 5.75 Å². The largest absolute Gasteiger partial charge is 0.508 e. The maximum absolute atomic E-state index is 12.8. The molecule has 8 N–H and O–H groups in total. The number of carboxylic acids is 1. The van der Waals surface area contributed by atoms with Crippen LogP contribution in [0.5, 0.6) is 5.75 Å². The van der Waals surface area contributed by atoms with Crippen molar-refractivity contribution < 1.29 is 29.4 Å². The average molecular weight is 507 g/mol. The minimum absolute atomic E-state index is 0.000749. The summed E-state index contributed by atoms with van der Waals surface area (Å²) < 4.78 is 0. The molecular formula is C22H30N6O6S. The van der Waals surface area contributed by atoms with E-state index >= 15 is 0 Å². The van der Waals surface area contributed by atoms with Gasteiger partial charge in [0.15, 0.2) is 0 Å². The Kier molecular flexibility index (Phi) is 11.0. The Hall–Kier alpha value is -3.58. The van der Waals surface area contributed by atoms with Crippen molar-refractivity contribution in [3.05, 3.63) is 48.0 Å². The predicted octanol–water partition coefficient (Wildman–Crippen LogP) is -0.849. The molecule has 3 atom stereocenters. The highest BCUT2D eigenvalue weighted by Gasteiger charge is 2.27. The topological polar surface area (TPSA) is 200 Å². The number of amides is 3. The molecule has 0 bridgehead atoms. The number of aromatic hydroxyl groups is 1. The van der Waals surface area contributed by atoms with Crippen molar-refractivity contribution in [2.75, 3.05) is 18.6 Å². The fraction of sp³-hybridized carbons (Fsp3) is 0.409. The first-order chi connectivity index (χ1) is 16.7. The Bertz CT molecular complexity index is 985. The number of hydrogen-bond acceptors (Lipinski definition) is 8. The van der Waals surface area contributed by atoms with E-state index in [1.165, 1.54) is 36.4 Å². The maximum Gasteiger partial charge on any atom is 0.326 e. The van der Waals surface area contributed by atoms with Gasteiger partial charge in [0.2, 0.25) is 17.7 Å². The van der Waals surface area contributed by atoms with Crippen LogP contribution in [-0.2, 0) is 32.0 Å². The molecule has 3 unspecified atom stereocenters. The summed E-state index contributed by atoms with van der Waals surface area (Å²) in [4.78, 5) is 55.6. The van der Waals surface area contributed by atoms with Gasteiger partial charge in [0, 0.05) is 18.3 Å². The highest BCUT2D eigenvalue weighted by atomic mass is 32.2. The quantitative estimate of drug-likeness (QED) is 0.170. The van der Waals surface area contributed by atoms with Crippen LogP contribution in [0, 0.1) is 0 Å². The predicted molar refractivity (Wildman–Crippen MR) is 130 cm³/mol. The molecule has 12 nitrogen and oxygen atoms in total. The Morgan fingerprint density at radius 1 is 1.09 bits per heavy atom. The monoisotopic (exact) mass is 506 g/mol. The van der Waals surface area contributed by atoms with Crippen molar-refractivity contribution in [1.29, 1.82) is 0 Å². The molecule has 0 saturated carbocycles. The molecule has 0 aliphatic carbocycles. The first-order valence-electron chi connectivity index (χ1n) is 10.8. The fourth-order valence-electron chi connectivity index (χ4n) is 3.12. The molecule has 35 heavy (non-hydrogen) atoms. The second-order valence-corrected chi connectivity index (χ2v) is 8.76. The molecule has 1 heterocycles. The van der Waals surface area contributed by atoms with Gasteiger partial charge in [0.1, 0.15) is 17.8 Å². The number of hydrogen-bond donors (Lipinski definition) is 7. The Labute approximate surface area is 206 Å². The first-order valence-corrected chi connectivity index (χ1v) is 12.2. The second kappa shape index (κ2) is 14.0. The summed E-state index contributed by atoms with van der Waals surface area (Å²) in [6, 6.07) is 3.13. The number of carboxylic acid groups (broad SMARTS) is 1. The second-order valence-electron chi connectivity index (χ2n) is 7.78. The Balaban J connectivity index is 1.89. The van der Waals surface area contributed by atoms with Crippen molar-refractivity contribution in [2.24, 2.45) is 5.73 Å². The standard InChI is InChI=1S/C22H30N6O6S/c1-35-7-6-17(21(32)28-18(22(33)34)9-14-10-24-12-26-14)27-19(30)11-25-20(31)16(23)8-13-2-4-15(29)5-3-13/h2-5,10,12,16-18,29H,6-9,11,23H2,1H3,(H,24,26)(H,25,31)(H,27,30)(H,28,32)(H,33,34). The van der Waals surface area contributed by atoms with Crippen LogP contribution < -0.4 is 21.7 Å². The van der Waals surface area contributed by atoms with E-state index in [0.717, 1.165) is 5.56 Å². The maximum atomic E-state index is 12.8. The van der Waals surface area contributed by atoms with E-state index in [-0.39, 0.29) is 25.0 Å². The number of phenolic OH excluding ortho intramolecular Hbond substituents is 1. The fourth-order valence-corrected chi connectivity index (χ4v) is 3.59. The highest BCUT2D eigenvalue weighted by molar-refractivity contribution is 7.98. The number of phenols is 1. The van der Waals surface area contributed by atoms with Gasteiger partial charge in [-0.2, -0.15) is 11.8 Å². The SMILES string of the molecule is CSCCC(NC(=O)CNC(=O)C(N)Cc1ccc(O)cc1)C(=O)NC(Cc1cnc[nH]1)C(=O)O. The zero-order valence-electron chi connectivity index (χ0n) is 19.2. The van der Waals surface area contributed by atoms with Crippen LogP contribution in [0.3, 0.4) is 0 Å². The number of nitrogens with two attached hydrogens (primary N) is 1. The van der Waals surface area contributed by atoms with Crippen molar-refractivity contribution in [2.45, 2.75) is 37.4 Å². The van der Waals surface area contributed by atoms with Gasteiger partial charge in [-0.3, -0.25) is 14.4 Å². The normalized spacial score (nSPS) is 13.3. The number of thioether (sulfide) groups is 1. The van der Waals surface area contributed by atoms with Gasteiger partial charge < -0.3 is 36.9 Å². The van der Waals surface area contributed by atoms with Crippen LogP contribution in [0.25, 0.3) is 0 Å². The lowest BCUT2D eigenvalue weighted by Crippen LogP contribution is -2.54. The smallest absolute Gasteiger partial charge is 0.326 e. The van der Waals surface area contributed by atoms with Crippen molar-refractivity contribution in [3.63, 3.8) is 0 Å². The molecule has 3 amide bonds. The number of aliphatic carboxylic acids is 1. The zero-order valence-corrected chi connectivity index (χ0v) is 20.0. The number of benzene rings is 1. The minimum Gasteiger partial charge on any atom is -0.508 e. The molecule has 0 aliphatic heterocycles. The number of carbonyl (C=O) groups is 4. The van der Waals surface area contributed by atoms with Gasteiger partial charge in [-0.25, -0.2) is 9.78 Å². The van der Waals surface area contributed by atoms with Crippen LogP contribution in [0.2, 0.25) is 0 Å². The van der Waals surface area contributed by atoms with Gasteiger partial charge in [-0.15, -0.1) is 0 Å². The van der Waals surface area contributed by atoms with E-state index < -0.39 is 48.4 Å². The molecule has 0 saturated heterocycles. The molecule has 2 aromatic rings. The van der Waals surface area contributed by atoms with E-state index in [1.54, 1.807) is 12.1 Å². The van der Waals surface area contributed by atoms with Crippen molar-refractivity contribution >= 4 is 35.5 Å². The summed E-state index contributed by atoms with van der Waals surface area (Å²) in [7, 11) is 0. The first kappa shape index (κ1) is 27.7. The van der Waals surface area contributed by atoms with Gasteiger partial charge in [-0.1, -0.05) is 12.1 Å². The van der Waals surface area contributed by atoms with Crippen LogP contribution in [0.4, 0.5) is 0 Å².